The minimum atomic E-state index is -0.633. The van der Waals surface area contributed by atoms with E-state index >= 15 is 0 Å². The van der Waals surface area contributed by atoms with Crippen molar-refractivity contribution in [1.29, 1.82) is 0 Å². The molecule has 144 valence electrons. The van der Waals surface area contributed by atoms with E-state index in [4.69, 9.17) is 4.74 Å². The molecule has 7 heteroatoms. The molecule has 2 aromatic rings. The lowest BCUT2D eigenvalue weighted by atomic mass is 10.1. The van der Waals surface area contributed by atoms with Crippen molar-refractivity contribution in [2.24, 2.45) is 0 Å². The van der Waals surface area contributed by atoms with Crippen molar-refractivity contribution < 1.29 is 14.3 Å². The van der Waals surface area contributed by atoms with Crippen LogP contribution in [-0.2, 0) is 16.1 Å². The molecule has 0 saturated carbocycles. The second-order valence-electron chi connectivity index (χ2n) is 6.52. The molecule has 3 rings (SSSR count). The molecule has 1 aliphatic rings. The molecule has 2 heterocycles. The summed E-state index contributed by atoms with van der Waals surface area (Å²) in [6, 6.07) is 9.61. The first-order valence-corrected chi connectivity index (χ1v) is 10.1. The number of likely N-dealkylation sites (tertiary alicyclic amines) is 1. The SMILES string of the molecule is COc1ccccc1CNC(=O)C(=O)NC[C@H](c1ccsc1)N1CCCC1. The number of benzene rings is 1. The minimum absolute atomic E-state index is 0.115. The highest BCUT2D eigenvalue weighted by Crippen LogP contribution is 2.26. The van der Waals surface area contributed by atoms with Crippen LogP contribution < -0.4 is 15.4 Å². The van der Waals surface area contributed by atoms with Crippen molar-refractivity contribution in [2.45, 2.75) is 25.4 Å². The van der Waals surface area contributed by atoms with Crippen molar-refractivity contribution in [1.82, 2.24) is 15.5 Å². The number of hydrogen-bond acceptors (Lipinski definition) is 5. The van der Waals surface area contributed by atoms with Gasteiger partial charge in [-0.05, 0) is 54.4 Å². The Labute approximate surface area is 163 Å². The number of carbonyl (C=O) groups excluding carboxylic acids is 2. The zero-order valence-electron chi connectivity index (χ0n) is 15.4. The number of amides is 2. The lowest BCUT2D eigenvalue weighted by molar-refractivity contribution is -0.139. The summed E-state index contributed by atoms with van der Waals surface area (Å²) < 4.78 is 5.26. The third kappa shape index (κ3) is 5.08. The third-order valence-electron chi connectivity index (χ3n) is 4.80. The van der Waals surface area contributed by atoms with Crippen LogP contribution in [0.2, 0.25) is 0 Å². The van der Waals surface area contributed by atoms with Crippen LogP contribution in [0, 0.1) is 0 Å². The highest BCUT2D eigenvalue weighted by atomic mass is 32.1. The molecule has 1 aromatic carbocycles. The number of methoxy groups -OCH3 is 1. The van der Waals surface area contributed by atoms with Gasteiger partial charge in [0.2, 0.25) is 0 Å². The summed E-state index contributed by atoms with van der Waals surface area (Å²) in [6.07, 6.45) is 2.35. The smallest absolute Gasteiger partial charge is 0.309 e. The van der Waals surface area contributed by atoms with E-state index in [0.29, 0.717) is 12.3 Å². The van der Waals surface area contributed by atoms with Crippen molar-refractivity contribution in [3.05, 3.63) is 52.2 Å². The van der Waals surface area contributed by atoms with Gasteiger partial charge in [0.15, 0.2) is 0 Å². The molecule has 0 unspecified atom stereocenters. The molecule has 1 fully saturated rings. The monoisotopic (exact) mass is 387 g/mol. The maximum atomic E-state index is 12.2. The molecule has 1 aromatic heterocycles. The molecule has 2 N–H and O–H groups in total. The molecular formula is C20H25N3O3S. The average molecular weight is 388 g/mol. The maximum absolute atomic E-state index is 12.2. The number of ether oxygens (including phenoxy) is 1. The Bertz CT molecular complexity index is 758. The van der Waals surface area contributed by atoms with E-state index in [2.05, 4.69) is 27.0 Å². The standard InChI is InChI=1S/C20H25N3O3S/c1-26-18-7-3-2-6-15(18)12-21-19(24)20(25)22-13-17(16-8-11-27-14-16)23-9-4-5-10-23/h2-3,6-8,11,14,17H,4-5,9-10,12-13H2,1H3,(H,21,24)(H,22,25)/t17-/m1/s1. The van der Waals surface area contributed by atoms with E-state index in [1.54, 1.807) is 18.4 Å². The molecular weight excluding hydrogens is 362 g/mol. The zero-order chi connectivity index (χ0) is 19.1. The Morgan fingerprint density at radius 1 is 1.15 bits per heavy atom. The normalized spacial score (nSPS) is 15.3. The third-order valence-corrected chi connectivity index (χ3v) is 5.50. The van der Waals surface area contributed by atoms with Crippen LogP contribution in [0.1, 0.15) is 30.0 Å². The van der Waals surface area contributed by atoms with Crippen LogP contribution in [-0.4, -0.2) is 43.5 Å². The van der Waals surface area contributed by atoms with Gasteiger partial charge in [-0.25, -0.2) is 0 Å². The maximum Gasteiger partial charge on any atom is 0.309 e. The predicted molar refractivity (Wildman–Crippen MR) is 106 cm³/mol. The predicted octanol–water partition coefficient (Wildman–Crippen LogP) is 2.33. The van der Waals surface area contributed by atoms with Gasteiger partial charge < -0.3 is 15.4 Å². The molecule has 27 heavy (non-hydrogen) atoms. The summed E-state index contributed by atoms with van der Waals surface area (Å²) in [5.41, 5.74) is 2.02. The van der Waals surface area contributed by atoms with Crippen molar-refractivity contribution in [3.8, 4) is 5.75 Å². The molecule has 6 nitrogen and oxygen atoms in total. The minimum Gasteiger partial charge on any atom is -0.496 e. The van der Waals surface area contributed by atoms with Gasteiger partial charge in [0.1, 0.15) is 5.75 Å². The second kappa shape index (κ2) is 9.53. The van der Waals surface area contributed by atoms with Crippen LogP contribution in [0.15, 0.2) is 41.1 Å². The van der Waals surface area contributed by atoms with Crippen molar-refractivity contribution >= 4 is 23.2 Å². The average Bonchev–Trinajstić information content (AvgIpc) is 3.41. The molecule has 0 spiro atoms. The van der Waals surface area contributed by atoms with Crippen LogP contribution in [0.4, 0.5) is 0 Å². The van der Waals surface area contributed by atoms with Crippen molar-refractivity contribution in [3.63, 3.8) is 0 Å². The molecule has 0 bridgehead atoms. The molecule has 0 aliphatic carbocycles. The van der Waals surface area contributed by atoms with E-state index in [1.807, 2.05) is 29.6 Å². The van der Waals surface area contributed by atoms with E-state index in [9.17, 15) is 9.59 Å². The number of para-hydroxylation sites is 1. The number of hydrogen-bond donors (Lipinski definition) is 2. The number of carbonyl (C=O) groups is 2. The van der Waals surface area contributed by atoms with Crippen LogP contribution in [0.25, 0.3) is 0 Å². The number of rotatable bonds is 7. The van der Waals surface area contributed by atoms with Gasteiger partial charge in [0.25, 0.3) is 0 Å². The summed E-state index contributed by atoms with van der Waals surface area (Å²) in [4.78, 5) is 26.8. The molecule has 2 amide bonds. The van der Waals surface area contributed by atoms with Crippen LogP contribution in [0.5, 0.6) is 5.75 Å². The van der Waals surface area contributed by atoms with E-state index in [1.165, 1.54) is 18.4 Å². The number of nitrogens with zero attached hydrogens (tertiary/aromatic N) is 1. The van der Waals surface area contributed by atoms with Crippen molar-refractivity contribution in [2.75, 3.05) is 26.7 Å². The van der Waals surface area contributed by atoms with E-state index in [0.717, 1.165) is 18.7 Å². The zero-order valence-corrected chi connectivity index (χ0v) is 16.3. The Morgan fingerprint density at radius 2 is 1.89 bits per heavy atom. The lowest BCUT2D eigenvalue weighted by Gasteiger charge is -2.27. The van der Waals surface area contributed by atoms with Gasteiger partial charge in [0.05, 0.1) is 13.2 Å². The summed E-state index contributed by atoms with van der Waals surface area (Å²) in [5.74, 6) is -0.555. The van der Waals surface area contributed by atoms with Gasteiger partial charge >= 0.3 is 11.8 Å². The molecule has 1 saturated heterocycles. The summed E-state index contributed by atoms with van der Waals surface area (Å²) in [7, 11) is 1.58. The second-order valence-corrected chi connectivity index (χ2v) is 7.30. The quantitative estimate of drug-likeness (QED) is 0.716. The van der Waals surface area contributed by atoms with Gasteiger partial charge in [-0.15, -0.1) is 0 Å². The molecule has 1 atom stereocenters. The summed E-state index contributed by atoms with van der Waals surface area (Å²) >= 11 is 1.65. The van der Waals surface area contributed by atoms with Gasteiger partial charge in [-0.2, -0.15) is 11.3 Å². The van der Waals surface area contributed by atoms with Gasteiger partial charge in [0, 0.05) is 18.7 Å². The first-order chi connectivity index (χ1) is 13.2. The lowest BCUT2D eigenvalue weighted by Crippen LogP contribution is -2.43. The highest BCUT2D eigenvalue weighted by molar-refractivity contribution is 7.08. The van der Waals surface area contributed by atoms with Crippen LogP contribution >= 0.6 is 11.3 Å². The fraction of sp³-hybridized carbons (Fsp3) is 0.400. The summed E-state index contributed by atoms with van der Waals surface area (Å²) in [5, 5.41) is 9.60. The summed E-state index contributed by atoms with van der Waals surface area (Å²) in [6.45, 7) is 2.72. The highest BCUT2D eigenvalue weighted by Gasteiger charge is 2.25. The Balaban J connectivity index is 1.53. The molecule has 0 radical (unpaired) electrons. The Hall–Kier alpha value is -2.38. The largest absolute Gasteiger partial charge is 0.496 e. The van der Waals surface area contributed by atoms with Crippen LogP contribution in [0.3, 0.4) is 0 Å². The molecule has 1 aliphatic heterocycles. The number of nitrogens with one attached hydrogen (secondary N) is 2. The van der Waals surface area contributed by atoms with E-state index < -0.39 is 11.8 Å². The fourth-order valence-electron chi connectivity index (χ4n) is 3.35. The fourth-order valence-corrected chi connectivity index (χ4v) is 4.06. The number of thiophene rings is 1. The topological polar surface area (TPSA) is 70.7 Å². The van der Waals surface area contributed by atoms with E-state index in [-0.39, 0.29) is 12.6 Å². The van der Waals surface area contributed by atoms with Gasteiger partial charge in [-0.1, -0.05) is 18.2 Å². The first-order valence-electron chi connectivity index (χ1n) is 9.13. The Morgan fingerprint density at radius 3 is 2.59 bits per heavy atom. The van der Waals surface area contributed by atoms with Gasteiger partial charge in [-0.3, -0.25) is 14.5 Å². The first kappa shape index (κ1) is 19.4. The Kier molecular flexibility index (Phi) is 6.84.